The van der Waals surface area contributed by atoms with Crippen molar-refractivity contribution in [3.63, 3.8) is 0 Å². The van der Waals surface area contributed by atoms with Gasteiger partial charge in [0, 0.05) is 10.0 Å². The number of carbonyl (C=O) groups is 1. The van der Waals surface area contributed by atoms with Crippen molar-refractivity contribution in [3.05, 3.63) is 74.0 Å². The molecule has 0 unspecified atom stereocenters. The number of nitrogens with zero attached hydrogens (tertiary/aromatic N) is 4. The molecule has 0 fully saturated rings. The number of amides is 1. The number of halogens is 1. The van der Waals surface area contributed by atoms with E-state index in [2.05, 4.69) is 31.6 Å². The molecule has 1 N–H and O–H groups in total. The van der Waals surface area contributed by atoms with Crippen molar-refractivity contribution in [2.45, 2.75) is 6.54 Å². The van der Waals surface area contributed by atoms with Crippen LogP contribution >= 0.6 is 15.9 Å². The molecule has 0 spiro atoms. The molecule has 1 aromatic heterocycles. The molecular weight excluding hydrogens is 498 g/mol. The summed E-state index contributed by atoms with van der Waals surface area (Å²) in [6.07, 6.45) is 2.55. The van der Waals surface area contributed by atoms with Crippen molar-refractivity contribution in [2.24, 2.45) is 5.10 Å². The lowest BCUT2D eigenvalue weighted by atomic mass is 10.2. The molecule has 3 aromatic rings. The fourth-order valence-corrected chi connectivity index (χ4v) is 3.22. The number of aromatic nitrogens is 2. The summed E-state index contributed by atoms with van der Waals surface area (Å²) >= 11 is 3.35. The van der Waals surface area contributed by atoms with Gasteiger partial charge in [0.1, 0.15) is 6.20 Å². The second kappa shape index (κ2) is 10.6. The molecule has 3 rings (SSSR count). The number of rotatable bonds is 9. The van der Waals surface area contributed by atoms with Crippen molar-refractivity contribution in [1.82, 2.24) is 15.2 Å². The van der Waals surface area contributed by atoms with Crippen LogP contribution in [0.1, 0.15) is 21.6 Å². The van der Waals surface area contributed by atoms with Gasteiger partial charge in [-0.15, -0.1) is 0 Å². The standard InChI is InChI=1S/C21H20BrN5O6/c1-31-17-8-14(9-18(32-2)20(17)33-3)10-23-24-21(28)19-16(27(29)30)12-26(25-19)11-13-4-6-15(22)7-5-13/h4-10,12H,11H2,1-3H3,(H,24,28)/b23-10-. The summed E-state index contributed by atoms with van der Waals surface area (Å²) in [7, 11) is 4.44. The van der Waals surface area contributed by atoms with Gasteiger partial charge in [0.25, 0.3) is 5.91 Å². The number of ether oxygens (including phenoxy) is 3. The Morgan fingerprint density at radius 1 is 1.18 bits per heavy atom. The Labute approximate surface area is 197 Å². The van der Waals surface area contributed by atoms with Gasteiger partial charge >= 0.3 is 5.69 Å². The third kappa shape index (κ3) is 5.66. The highest BCUT2D eigenvalue weighted by Gasteiger charge is 2.25. The van der Waals surface area contributed by atoms with Crippen molar-refractivity contribution >= 4 is 33.7 Å². The zero-order valence-corrected chi connectivity index (χ0v) is 19.5. The van der Waals surface area contributed by atoms with E-state index in [1.165, 1.54) is 38.4 Å². The number of hydrogen-bond donors (Lipinski definition) is 1. The van der Waals surface area contributed by atoms with Crippen LogP contribution in [-0.2, 0) is 6.54 Å². The number of methoxy groups -OCH3 is 3. The van der Waals surface area contributed by atoms with Gasteiger partial charge in [-0.05, 0) is 29.8 Å². The molecule has 1 heterocycles. The zero-order chi connectivity index (χ0) is 24.0. The first kappa shape index (κ1) is 23.7. The summed E-state index contributed by atoms with van der Waals surface area (Å²) in [4.78, 5) is 23.3. The number of carbonyl (C=O) groups excluding carboxylic acids is 1. The van der Waals surface area contributed by atoms with Crippen molar-refractivity contribution < 1.29 is 23.9 Å². The summed E-state index contributed by atoms with van der Waals surface area (Å²) in [6.45, 7) is 0.260. The molecule has 0 radical (unpaired) electrons. The van der Waals surface area contributed by atoms with E-state index in [0.717, 1.165) is 10.0 Å². The molecule has 12 heteroatoms. The van der Waals surface area contributed by atoms with Crippen LogP contribution in [0.5, 0.6) is 17.2 Å². The summed E-state index contributed by atoms with van der Waals surface area (Å²) < 4.78 is 18.0. The fraction of sp³-hybridized carbons (Fsp3) is 0.190. The lowest BCUT2D eigenvalue weighted by molar-refractivity contribution is -0.385. The second-order valence-electron chi connectivity index (χ2n) is 6.60. The predicted molar refractivity (Wildman–Crippen MR) is 123 cm³/mol. The summed E-state index contributed by atoms with van der Waals surface area (Å²) in [5, 5.41) is 19.4. The highest BCUT2D eigenvalue weighted by atomic mass is 79.9. The Morgan fingerprint density at radius 3 is 2.36 bits per heavy atom. The third-order valence-electron chi connectivity index (χ3n) is 4.48. The Hall–Kier alpha value is -3.93. The summed E-state index contributed by atoms with van der Waals surface area (Å²) in [5.41, 5.74) is 2.90. The normalized spacial score (nSPS) is 10.8. The van der Waals surface area contributed by atoms with E-state index in [9.17, 15) is 14.9 Å². The Bertz CT molecular complexity index is 1170. The number of hydrazone groups is 1. The largest absolute Gasteiger partial charge is 0.493 e. The van der Waals surface area contributed by atoms with Gasteiger partial charge in [0.15, 0.2) is 11.5 Å². The van der Waals surface area contributed by atoms with Crippen molar-refractivity contribution in [3.8, 4) is 17.2 Å². The molecule has 33 heavy (non-hydrogen) atoms. The van der Waals surface area contributed by atoms with Crippen LogP contribution < -0.4 is 19.6 Å². The van der Waals surface area contributed by atoms with Crippen LogP contribution in [0.2, 0.25) is 0 Å². The maximum Gasteiger partial charge on any atom is 0.320 e. The molecule has 172 valence electrons. The molecule has 0 aliphatic heterocycles. The zero-order valence-electron chi connectivity index (χ0n) is 17.9. The minimum Gasteiger partial charge on any atom is -0.493 e. The molecule has 0 saturated carbocycles. The van der Waals surface area contributed by atoms with Gasteiger partial charge in [-0.25, -0.2) is 5.43 Å². The van der Waals surface area contributed by atoms with Gasteiger partial charge in [0.2, 0.25) is 11.4 Å². The molecule has 0 saturated heterocycles. The second-order valence-corrected chi connectivity index (χ2v) is 7.52. The van der Waals surface area contributed by atoms with E-state index in [4.69, 9.17) is 14.2 Å². The van der Waals surface area contributed by atoms with Crippen LogP contribution in [0.3, 0.4) is 0 Å². The molecule has 2 aromatic carbocycles. The van der Waals surface area contributed by atoms with Crippen molar-refractivity contribution in [2.75, 3.05) is 21.3 Å². The van der Waals surface area contributed by atoms with Gasteiger partial charge in [-0.3, -0.25) is 19.6 Å². The number of nitrogens with one attached hydrogen (secondary N) is 1. The Morgan fingerprint density at radius 2 is 1.82 bits per heavy atom. The SMILES string of the molecule is COc1cc(/C=N\NC(=O)c2nn(Cc3ccc(Br)cc3)cc2[N+](=O)[O-])cc(OC)c1OC. The molecular formula is C21H20BrN5O6. The minimum absolute atomic E-state index is 0.260. The first-order chi connectivity index (χ1) is 15.9. The van der Waals surface area contributed by atoms with Crippen LogP contribution in [0, 0.1) is 10.1 Å². The quantitative estimate of drug-likeness (QED) is 0.261. The summed E-state index contributed by atoms with van der Waals surface area (Å²) in [5.74, 6) is 0.409. The van der Waals surface area contributed by atoms with Crippen LogP contribution in [0.4, 0.5) is 5.69 Å². The number of benzene rings is 2. The Kier molecular flexibility index (Phi) is 7.61. The maximum atomic E-state index is 12.5. The predicted octanol–water partition coefficient (Wildman–Crippen LogP) is 3.39. The van der Waals surface area contributed by atoms with E-state index in [1.54, 1.807) is 12.1 Å². The fourth-order valence-electron chi connectivity index (χ4n) is 2.96. The monoisotopic (exact) mass is 517 g/mol. The molecule has 11 nitrogen and oxygen atoms in total. The number of hydrogen-bond acceptors (Lipinski definition) is 8. The molecule has 0 aliphatic carbocycles. The van der Waals surface area contributed by atoms with Gasteiger partial charge in [-0.1, -0.05) is 28.1 Å². The highest BCUT2D eigenvalue weighted by Crippen LogP contribution is 2.37. The first-order valence-electron chi connectivity index (χ1n) is 9.46. The first-order valence-corrected chi connectivity index (χ1v) is 10.2. The summed E-state index contributed by atoms with van der Waals surface area (Å²) in [6, 6.07) is 10.6. The van der Waals surface area contributed by atoms with Crippen LogP contribution in [0.15, 0.2) is 52.2 Å². The molecule has 1 amide bonds. The van der Waals surface area contributed by atoms with Gasteiger partial charge in [0.05, 0.1) is 39.0 Å². The average Bonchev–Trinajstić information content (AvgIpc) is 3.24. The van der Waals surface area contributed by atoms with E-state index in [-0.39, 0.29) is 12.2 Å². The van der Waals surface area contributed by atoms with E-state index in [0.29, 0.717) is 22.8 Å². The van der Waals surface area contributed by atoms with Crippen LogP contribution in [-0.4, -0.2) is 48.2 Å². The van der Waals surface area contributed by atoms with E-state index in [1.807, 2.05) is 24.3 Å². The topological polar surface area (TPSA) is 130 Å². The third-order valence-corrected chi connectivity index (χ3v) is 5.01. The van der Waals surface area contributed by atoms with Crippen LogP contribution in [0.25, 0.3) is 0 Å². The number of nitro groups is 1. The maximum absolute atomic E-state index is 12.5. The smallest absolute Gasteiger partial charge is 0.320 e. The Balaban J connectivity index is 1.78. The molecule has 0 atom stereocenters. The lowest BCUT2D eigenvalue weighted by Crippen LogP contribution is -2.19. The van der Waals surface area contributed by atoms with Crippen molar-refractivity contribution in [1.29, 1.82) is 0 Å². The lowest BCUT2D eigenvalue weighted by Gasteiger charge is -2.12. The average molecular weight is 518 g/mol. The van der Waals surface area contributed by atoms with E-state index >= 15 is 0 Å². The molecule has 0 bridgehead atoms. The molecule has 0 aliphatic rings. The van der Waals surface area contributed by atoms with E-state index < -0.39 is 16.5 Å². The minimum atomic E-state index is -0.819. The van der Waals surface area contributed by atoms with Gasteiger partial charge < -0.3 is 14.2 Å². The van der Waals surface area contributed by atoms with Gasteiger partial charge in [-0.2, -0.15) is 10.2 Å². The highest BCUT2D eigenvalue weighted by molar-refractivity contribution is 9.10.